The van der Waals surface area contributed by atoms with Crippen LogP contribution in [0.3, 0.4) is 0 Å². The van der Waals surface area contributed by atoms with Gasteiger partial charge < -0.3 is 10.4 Å². The van der Waals surface area contributed by atoms with Gasteiger partial charge in [0.25, 0.3) is 0 Å². The molecular formula is C19H19NO2S. The summed E-state index contributed by atoms with van der Waals surface area (Å²) in [5.74, 6) is -0.0748. The lowest BCUT2D eigenvalue weighted by atomic mass is 10.1. The van der Waals surface area contributed by atoms with Crippen LogP contribution in [0.15, 0.2) is 53.9 Å². The number of carbonyl (C=O) groups is 1. The first kappa shape index (κ1) is 15.7. The highest BCUT2D eigenvalue weighted by Gasteiger charge is 2.14. The summed E-state index contributed by atoms with van der Waals surface area (Å²) in [4.78, 5) is 12.0. The number of carbonyl (C=O) groups excluding carboxylic acids is 1. The second kappa shape index (κ2) is 6.94. The van der Waals surface area contributed by atoms with Crippen LogP contribution in [0.4, 0.5) is 0 Å². The highest BCUT2D eigenvalue weighted by Crippen LogP contribution is 2.29. The largest absolute Gasteiger partial charge is 0.387 e. The third-order valence-electron chi connectivity index (χ3n) is 3.81. The number of hydrogen-bond acceptors (Lipinski definition) is 3. The Morgan fingerprint density at radius 3 is 2.87 bits per heavy atom. The molecular weight excluding hydrogens is 306 g/mol. The van der Waals surface area contributed by atoms with E-state index < -0.39 is 6.10 Å². The van der Waals surface area contributed by atoms with Crippen LogP contribution in [0.1, 0.15) is 22.8 Å². The van der Waals surface area contributed by atoms with Crippen molar-refractivity contribution in [2.75, 3.05) is 6.54 Å². The van der Waals surface area contributed by atoms with Crippen molar-refractivity contribution in [3.8, 4) is 0 Å². The molecule has 1 atom stereocenters. The molecule has 118 valence electrons. The topological polar surface area (TPSA) is 49.3 Å². The SMILES string of the molecule is Cc1cccc(CC(=O)NCC(O)c2csc3ccccc23)c1. The van der Waals surface area contributed by atoms with Crippen LogP contribution in [0.25, 0.3) is 10.1 Å². The second-order valence-corrected chi connectivity index (χ2v) is 6.58. The van der Waals surface area contributed by atoms with Crippen LogP contribution in [0, 0.1) is 6.92 Å². The fourth-order valence-electron chi connectivity index (χ4n) is 2.65. The van der Waals surface area contributed by atoms with Gasteiger partial charge in [-0.2, -0.15) is 0 Å². The van der Waals surface area contributed by atoms with E-state index in [1.165, 1.54) is 0 Å². The molecule has 1 aromatic heterocycles. The minimum Gasteiger partial charge on any atom is -0.387 e. The molecule has 2 aromatic carbocycles. The summed E-state index contributed by atoms with van der Waals surface area (Å²) in [6.45, 7) is 2.23. The lowest BCUT2D eigenvalue weighted by molar-refractivity contribution is -0.120. The number of aryl methyl sites for hydroxylation is 1. The molecule has 3 nitrogen and oxygen atoms in total. The van der Waals surface area contributed by atoms with Crippen molar-refractivity contribution >= 4 is 27.3 Å². The molecule has 0 aliphatic carbocycles. The van der Waals surface area contributed by atoms with E-state index in [9.17, 15) is 9.90 Å². The van der Waals surface area contributed by atoms with Gasteiger partial charge in [-0.15, -0.1) is 11.3 Å². The van der Waals surface area contributed by atoms with Gasteiger partial charge in [-0.1, -0.05) is 48.0 Å². The van der Waals surface area contributed by atoms with E-state index >= 15 is 0 Å². The van der Waals surface area contributed by atoms with Crippen molar-refractivity contribution in [1.82, 2.24) is 5.32 Å². The Kier molecular flexibility index (Phi) is 4.74. The summed E-state index contributed by atoms with van der Waals surface area (Å²) in [5, 5.41) is 16.2. The molecule has 0 radical (unpaired) electrons. The minimum atomic E-state index is -0.687. The Morgan fingerprint density at radius 1 is 1.22 bits per heavy atom. The number of nitrogens with one attached hydrogen (secondary N) is 1. The zero-order chi connectivity index (χ0) is 16.2. The molecule has 1 unspecified atom stereocenters. The zero-order valence-corrected chi connectivity index (χ0v) is 13.8. The third kappa shape index (κ3) is 3.78. The molecule has 1 heterocycles. The van der Waals surface area contributed by atoms with Crippen molar-refractivity contribution in [1.29, 1.82) is 0 Å². The number of rotatable bonds is 5. The fourth-order valence-corrected chi connectivity index (χ4v) is 3.65. The van der Waals surface area contributed by atoms with Gasteiger partial charge in [0.2, 0.25) is 5.91 Å². The zero-order valence-electron chi connectivity index (χ0n) is 13.0. The number of fused-ring (bicyclic) bond motifs is 1. The van der Waals surface area contributed by atoms with E-state index in [0.29, 0.717) is 6.42 Å². The van der Waals surface area contributed by atoms with Gasteiger partial charge >= 0.3 is 0 Å². The first-order valence-corrected chi connectivity index (χ1v) is 8.48. The lowest BCUT2D eigenvalue weighted by Crippen LogP contribution is -2.29. The van der Waals surface area contributed by atoms with Gasteiger partial charge in [0.1, 0.15) is 0 Å². The van der Waals surface area contributed by atoms with Crippen LogP contribution in [-0.2, 0) is 11.2 Å². The molecule has 0 saturated carbocycles. The van der Waals surface area contributed by atoms with Gasteiger partial charge in [0.05, 0.1) is 12.5 Å². The number of benzene rings is 2. The van der Waals surface area contributed by atoms with Crippen molar-refractivity contribution in [3.05, 3.63) is 70.6 Å². The maximum Gasteiger partial charge on any atom is 0.224 e. The van der Waals surface area contributed by atoms with Crippen LogP contribution in [-0.4, -0.2) is 17.6 Å². The molecule has 2 N–H and O–H groups in total. The van der Waals surface area contributed by atoms with Crippen molar-refractivity contribution < 1.29 is 9.90 Å². The summed E-state index contributed by atoms with van der Waals surface area (Å²) in [7, 11) is 0. The molecule has 0 bridgehead atoms. The van der Waals surface area contributed by atoms with Crippen molar-refractivity contribution in [2.45, 2.75) is 19.4 Å². The van der Waals surface area contributed by atoms with Crippen LogP contribution in [0.2, 0.25) is 0 Å². The standard InChI is InChI=1S/C19H19NO2S/c1-13-5-4-6-14(9-13)10-19(22)20-11-17(21)16-12-23-18-8-3-2-7-15(16)18/h2-9,12,17,21H,10-11H2,1H3,(H,20,22). The average Bonchev–Trinajstić information content (AvgIpc) is 2.97. The van der Waals surface area contributed by atoms with E-state index in [1.807, 2.05) is 60.8 Å². The normalized spacial score (nSPS) is 12.3. The summed E-state index contributed by atoms with van der Waals surface area (Å²) in [5.41, 5.74) is 3.00. The number of aliphatic hydroxyl groups excluding tert-OH is 1. The van der Waals surface area contributed by atoms with Gasteiger partial charge in [-0.3, -0.25) is 4.79 Å². The van der Waals surface area contributed by atoms with Crippen molar-refractivity contribution in [2.24, 2.45) is 0 Å². The monoisotopic (exact) mass is 325 g/mol. The maximum atomic E-state index is 12.0. The lowest BCUT2D eigenvalue weighted by Gasteiger charge is -2.12. The Hall–Kier alpha value is -2.17. The van der Waals surface area contributed by atoms with Gasteiger partial charge in [0.15, 0.2) is 0 Å². The smallest absolute Gasteiger partial charge is 0.224 e. The predicted molar refractivity (Wildman–Crippen MR) is 94.7 cm³/mol. The second-order valence-electron chi connectivity index (χ2n) is 5.67. The molecule has 3 aromatic rings. The fraction of sp³-hybridized carbons (Fsp3) is 0.211. The first-order valence-electron chi connectivity index (χ1n) is 7.60. The highest BCUT2D eigenvalue weighted by molar-refractivity contribution is 7.17. The summed E-state index contributed by atoms with van der Waals surface area (Å²) in [6, 6.07) is 15.9. The molecule has 3 rings (SSSR count). The molecule has 23 heavy (non-hydrogen) atoms. The Labute approximate surface area is 139 Å². The Bertz CT molecular complexity index is 825. The van der Waals surface area contributed by atoms with E-state index in [1.54, 1.807) is 11.3 Å². The number of amides is 1. The first-order chi connectivity index (χ1) is 11.1. The Morgan fingerprint density at radius 2 is 2.04 bits per heavy atom. The molecule has 0 aliphatic heterocycles. The summed E-state index contributed by atoms with van der Waals surface area (Å²) < 4.78 is 1.15. The quantitative estimate of drug-likeness (QED) is 0.753. The van der Waals surface area contributed by atoms with E-state index in [0.717, 1.165) is 26.8 Å². The van der Waals surface area contributed by atoms with E-state index in [4.69, 9.17) is 0 Å². The molecule has 0 aliphatic rings. The van der Waals surface area contributed by atoms with Gasteiger partial charge in [0, 0.05) is 16.8 Å². The minimum absolute atomic E-state index is 0.0748. The predicted octanol–water partition coefficient (Wildman–Crippen LogP) is 3.60. The number of hydrogen-bond donors (Lipinski definition) is 2. The van der Waals surface area contributed by atoms with Gasteiger partial charge in [-0.05, 0) is 29.3 Å². The van der Waals surface area contributed by atoms with Crippen LogP contribution < -0.4 is 5.32 Å². The average molecular weight is 325 g/mol. The molecule has 4 heteroatoms. The Balaban J connectivity index is 1.60. The highest BCUT2D eigenvalue weighted by atomic mass is 32.1. The summed E-state index contributed by atoms with van der Waals surface area (Å²) in [6.07, 6.45) is -0.355. The van der Waals surface area contributed by atoms with Crippen LogP contribution in [0.5, 0.6) is 0 Å². The third-order valence-corrected chi connectivity index (χ3v) is 4.79. The summed E-state index contributed by atoms with van der Waals surface area (Å²) >= 11 is 1.61. The van der Waals surface area contributed by atoms with Crippen molar-refractivity contribution in [3.63, 3.8) is 0 Å². The number of aliphatic hydroxyl groups is 1. The maximum absolute atomic E-state index is 12.0. The molecule has 0 fully saturated rings. The van der Waals surface area contributed by atoms with E-state index in [-0.39, 0.29) is 12.5 Å². The molecule has 0 saturated heterocycles. The molecule has 0 spiro atoms. The van der Waals surface area contributed by atoms with Gasteiger partial charge in [-0.25, -0.2) is 0 Å². The van der Waals surface area contributed by atoms with E-state index in [2.05, 4.69) is 5.32 Å². The number of thiophene rings is 1. The molecule has 1 amide bonds. The van der Waals surface area contributed by atoms with Crippen LogP contribution >= 0.6 is 11.3 Å².